The summed E-state index contributed by atoms with van der Waals surface area (Å²) in [5.74, 6) is 0.667. The molecule has 0 bridgehead atoms. The number of rotatable bonds is 3. The lowest BCUT2D eigenvalue weighted by Gasteiger charge is -2.14. The fourth-order valence-corrected chi connectivity index (χ4v) is 7.19. The van der Waals surface area contributed by atoms with Gasteiger partial charge < -0.3 is 0 Å². The first-order chi connectivity index (χ1) is 23.3. The van der Waals surface area contributed by atoms with Crippen molar-refractivity contribution < 1.29 is 0 Å². The Morgan fingerprint density at radius 1 is 0.340 bits per heavy atom. The van der Waals surface area contributed by atoms with Gasteiger partial charge in [-0.1, -0.05) is 121 Å². The van der Waals surface area contributed by atoms with Gasteiger partial charge in [-0.3, -0.25) is 4.57 Å². The van der Waals surface area contributed by atoms with E-state index >= 15 is 0 Å². The fourth-order valence-electron chi connectivity index (χ4n) is 7.19. The number of benzene rings is 8. The Morgan fingerprint density at radius 3 is 1.64 bits per heavy atom. The van der Waals surface area contributed by atoms with Gasteiger partial charge >= 0.3 is 0 Å². The third-order valence-electron chi connectivity index (χ3n) is 9.53. The highest BCUT2D eigenvalue weighted by molar-refractivity contribution is 6.13. The second kappa shape index (κ2) is 10.1. The summed E-state index contributed by atoms with van der Waals surface area (Å²) in [5, 5.41) is 10.7. The van der Waals surface area contributed by atoms with Crippen molar-refractivity contribution in [2.75, 3.05) is 0 Å². The van der Waals surface area contributed by atoms with E-state index in [9.17, 15) is 0 Å². The maximum atomic E-state index is 5.44. The van der Waals surface area contributed by atoms with Crippen LogP contribution in [0.15, 0.2) is 164 Å². The summed E-state index contributed by atoms with van der Waals surface area (Å²) in [7, 11) is 0. The first-order valence-electron chi connectivity index (χ1n) is 16.0. The first-order valence-corrected chi connectivity index (χ1v) is 16.0. The Hall–Kier alpha value is -6.32. The first kappa shape index (κ1) is 26.0. The summed E-state index contributed by atoms with van der Waals surface area (Å²) in [4.78, 5) is 10.7. The zero-order valence-corrected chi connectivity index (χ0v) is 25.4. The van der Waals surface area contributed by atoms with E-state index in [0.717, 1.165) is 38.8 Å². The molecular weight excluding hydrogens is 571 g/mol. The van der Waals surface area contributed by atoms with Crippen molar-refractivity contribution >= 4 is 65.0 Å². The number of fused-ring (bicyclic) bond motifs is 7. The van der Waals surface area contributed by atoms with E-state index in [0.29, 0.717) is 5.95 Å². The second-order valence-electron chi connectivity index (χ2n) is 12.3. The molecule has 0 saturated heterocycles. The van der Waals surface area contributed by atoms with Crippen LogP contribution < -0.4 is 0 Å². The van der Waals surface area contributed by atoms with E-state index in [-0.39, 0.29) is 0 Å². The number of hydrogen-bond donors (Lipinski definition) is 0. The second-order valence-corrected chi connectivity index (χ2v) is 12.3. The average molecular weight is 598 g/mol. The van der Waals surface area contributed by atoms with Crippen LogP contribution >= 0.6 is 0 Å². The van der Waals surface area contributed by atoms with Crippen LogP contribution in [0.25, 0.3) is 93.4 Å². The monoisotopic (exact) mass is 597 g/mol. The van der Waals surface area contributed by atoms with E-state index in [1.54, 1.807) is 0 Å². The highest BCUT2D eigenvalue weighted by Crippen LogP contribution is 2.37. The molecule has 10 rings (SSSR count). The minimum absolute atomic E-state index is 0.667. The summed E-state index contributed by atoms with van der Waals surface area (Å²) >= 11 is 0. The van der Waals surface area contributed by atoms with Crippen molar-refractivity contribution in [3.63, 3.8) is 0 Å². The predicted molar refractivity (Wildman–Crippen MR) is 197 cm³/mol. The third-order valence-corrected chi connectivity index (χ3v) is 9.53. The fraction of sp³-hybridized carbons (Fsp3) is 0. The van der Waals surface area contributed by atoms with Crippen molar-refractivity contribution in [1.82, 2.24) is 14.5 Å². The molecule has 0 saturated carbocycles. The molecule has 0 aliphatic heterocycles. The van der Waals surface area contributed by atoms with E-state index in [2.05, 4.69) is 168 Å². The molecule has 2 aromatic heterocycles. The number of aromatic nitrogens is 3. The standard InChI is InChI=1S/C44H27N3/c1-3-11-30-23-34(19-17-28(30)9-1)35-21-22-40-39(26-35)43(36-20-18-29-10-2-4-12-31(29)24-36)46-44(45-40)47-41-16-8-7-15-37(41)38-25-32-13-5-6-14-33(32)27-42(38)47/h1-27H. The minimum Gasteiger partial charge on any atom is -0.278 e. The van der Waals surface area contributed by atoms with Crippen molar-refractivity contribution in [2.45, 2.75) is 0 Å². The van der Waals surface area contributed by atoms with Crippen LogP contribution in [0, 0.1) is 0 Å². The Balaban J connectivity index is 1.27. The van der Waals surface area contributed by atoms with Gasteiger partial charge in [0.1, 0.15) is 0 Å². The van der Waals surface area contributed by atoms with Crippen molar-refractivity contribution in [2.24, 2.45) is 0 Å². The lowest BCUT2D eigenvalue weighted by molar-refractivity contribution is 1.01. The lowest BCUT2D eigenvalue weighted by atomic mass is 9.97. The van der Waals surface area contributed by atoms with Gasteiger partial charge in [-0.25, -0.2) is 9.97 Å². The smallest absolute Gasteiger partial charge is 0.235 e. The molecule has 0 atom stereocenters. The lowest BCUT2D eigenvalue weighted by Crippen LogP contribution is -2.03. The number of hydrogen-bond acceptors (Lipinski definition) is 2. The highest BCUT2D eigenvalue weighted by atomic mass is 15.2. The molecule has 3 nitrogen and oxygen atoms in total. The molecule has 0 N–H and O–H groups in total. The number of nitrogens with zero attached hydrogens (tertiary/aromatic N) is 3. The summed E-state index contributed by atoms with van der Waals surface area (Å²) in [6, 6.07) is 58.6. The van der Waals surface area contributed by atoms with E-state index in [1.165, 1.54) is 48.7 Å². The summed E-state index contributed by atoms with van der Waals surface area (Å²) < 4.78 is 2.23. The van der Waals surface area contributed by atoms with Crippen LogP contribution in [-0.2, 0) is 0 Å². The summed E-state index contributed by atoms with van der Waals surface area (Å²) in [6.07, 6.45) is 0. The molecule has 2 heterocycles. The van der Waals surface area contributed by atoms with Crippen molar-refractivity contribution in [3.8, 4) is 28.3 Å². The van der Waals surface area contributed by atoms with Crippen LogP contribution in [0.1, 0.15) is 0 Å². The quantitative estimate of drug-likeness (QED) is 0.203. The maximum Gasteiger partial charge on any atom is 0.235 e. The molecule has 0 aliphatic rings. The van der Waals surface area contributed by atoms with Gasteiger partial charge in [0.25, 0.3) is 0 Å². The van der Waals surface area contributed by atoms with Gasteiger partial charge in [0, 0.05) is 21.7 Å². The van der Waals surface area contributed by atoms with E-state index in [4.69, 9.17) is 9.97 Å². The van der Waals surface area contributed by atoms with Gasteiger partial charge in [0.15, 0.2) is 0 Å². The normalized spacial score (nSPS) is 11.8. The van der Waals surface area contributed by atoms with Gasteiger partial charge in [0.05, 0.1) is 22.2 Å². The van der Waals surface area contributed by atoms with E-state index in [1.807, 2.05) is 0 Å². The molecule has 8 aromatic carbocycles. The predicted octanol–water partition coefficient (Wildman–Crippen LogP) is 11.5. The molecule has 0 radical (unpaired) electrons. The van der Waals surface area contributed by atoms with Crippen LogP contribution in [0.2, 0.25) is 0 Å². The van der Waals surface area contributed by atoms with Gasteiger partial charge in [0.2, 0.25) is 5.95 Å². The third kappa shape index (κ3) is 4.14. The van der Waals surface area contributed by atoms with Crippen LogP contribution in [0.3, 0.4) is 0 Å². The molecule has 218 valence electrons. The maximum absolute atomic E-state index is 5.44. The van der Waals surface area contributed by atoms with Crippen LogP contribution in [-0.4, -0.2) is 14.5 Å². The van der Waals surface area contributed by atoms with Crippen molar-refractivity contribution in [1.29, 1.82) is 0 Å². The van der Waals surface area contributed by atoms with Crippen LogP contribution in [0.5, 0.6) is 0 Å². The molecule has 0 aliphatic carbocycles. The Kier molecular flexibility index (Phi) is 5.57. The zero-order chi connectivity index (χ0) is 30.9. The molecule has 0 amide bonds. The molecule has 0 unspecified atom stereocenters. The largest absolute Gasteiger partial charge is 0.278 e. The minimum atomic E-state index is 0.667. The molecule has 0 fully saturated rings. The Labute approximate surface area is 271 Å². The summed E-state index contributed by atoms with van der Waals surface area (Å²) in [6.45, 7) is 0. The molecule has 47 heavy (non-hydrogen) atoms. The average Bonchev–Trinajstić information content (AvgIpc) is 3.46. The zero-order valence-electron chi connectivity index (χ0n) is 25.4. The highest BCUT2D eigenvalue weighted by Gasteiger charge is 2.18. The van der Waals surface area contributed by atoms with Gasteiger partial charge in [-0.2, -0.15) is 0 Å². The van der Waals surface area contributed by atoms with Crippen LogP contribution in [0.4, 0.5) is 0 Å². The Bertz CT molecular complexity index is 2860. The molecule has 0 spiro atoms. The molecule has 3 heteroatoms. The Morgan fingerprint density at radius 2 is 0.894 bits per heavy atom. The van der Waals surface area contributed by atoms with Gasteiger partial charge in [-0.15, -0.1) is 0 Å². The summed E-state index contributed by atoms with van der Waals surface area (Å²) in [5.41, 5.74) is 7.41. The van der Waals surface area contributed by atoms with E-state index < -0.39 is 0 Å². The number of para-hydroxylation sites is 1. The van der Waals surface area contributed by atoms with Gasteiger partial charge in [-0.05, 0) is 85.9 Å². The van der Waals surface area contributed by atoms with Crippen molar-refractivity contribution in [3.05, 3.63) is 164 Å². The molecular formula is C44H27N3. The SMILES string of the molecule is c1ccc2cc(-c3ccc4nc(-n5c6ccccc6c6cc7ccccc7cc65)nc(-c5ccc6ccccc6c5)c4c3)ccc2c1. The molecule has 10 aromatic rings. The topological polar surface area (TPSA) is 30.7 Å².